The zero-order valence-electron chi connectivity index (χ0n) is 21.3. The molecule has 0 fully saturated rings. The van der Waals surface area contributed by atoms with Gasteiger partial charge in [-0.2, -0.15) is 0 Å². The van der Waals surface area contributed by atoms with Crippen LogP contribution in [0, 0.1) is 0 Å². The Hall–Kier alpha value is -4.92. The Kier molecular flexibility index (Phi) is 5.07. The Morgan fingerprint density at radius 1 is 0.475 bits per heavy atom. The number of hydrogen-bond acceptors (Lipinski definition) is 4. The molecule has 0 amide bonds. The fourth-order valence-corrected chi connectivity index (χ4v) is 8.33. The molecule has 0 aliphatic heterocycles. The molecule has 8 aromatic rings. The number of rotatable bonds is 4. The lowest BCUT2D eigenvalue weighted by Crippen LogP contribution is -2.24. The summed E-state index contributed by atoms with van der Waals surface area (Å²) >= 11 is 0. The van der Waals surface area contributed by atoms with E-state index in [-0.39, 0.29) is 0 Å². The molecule has 0 aliphatic carbocycles. The molecule has 0 aliphatic rings. The van der Waals surface area contributed by atoms with Gasteiger partial charge in [0.2, 0.25) is 5.71 Å². The summed E-state index contributed by atoms with van der Waals surface area (Å²) in [7, 11) is -3.11. The highest BCUT2D eigenvalue weighted by Crippen LogP contribution is 2.44. The van der Waals surface area contributed by atoms with E-state index in [2.05, 4.69) is 29.2 Å². The summed E-state index contributed by atoms with van der Waals surface area (Å²) in [6.07, 6.45) is 1.74. The normalized spacial score (nSPS) is 12.1. The molecule has 0 radical (unpaired) electrons. The van der Waals surface area contributed by atoms with Crippen molar-refractivity contribution >= 4 is 67.1 Å². The van der Waals surface area contributed by atoms with Gasteiger partial charge >= 0.3 is 0 Å². The van der Waals surface area contributed by atoms with Crippen molar-refractivity contribution in [3.8, 4) is 11.1 Å². The summed E-state index contributed by atoms with van der Waals surface area (Å²) in [5.41, 5.74) is 5.16. The third kappa shape index (κ3) is 3.47. The van der Waals surface area contributed by atoms with Crippen LogP contribution in [0.5, 0.6) is 0 Å². The highest BCUT2D eigenvalue weighted by atomic mass is 31.2. The lowest BCUT2D eigenvalue weighted by atomic mass is 10.0. The molecule has 40 heavy (non-hydrogen) atoms. The second-order valence-corrected chi connectivity index (χ2v) is 12.7. The van der Waals surface area contributed by atoms with E-state index in [9.17, 15) is 4.57 Å². The van der Waals surface area contributed by atoms with E-state index in [1.807, 2.05) is 103 Å². The maximum absolute atomic E-state index is 15.0. The number of furan rings is 2. The van der Waals surface area contributed by atoms with Crippen LogP contribution >= 0.6 is 7.14 Å². The van der Waals surface area contributed by atoms with Crippen LogP contribution in [0.1, 0.15) is 0 Å². The van der Waals surface area contributed by atoms with E-state index >= 15 is 0 Å². The summed E-state index contributed by atoms with van der Waals surface area (Å²) in [5, 5.41) is 6.36. The molecule has 0 atom stereocenters. The fraction of sp³-hybridized carbons (Fsp3) is 0. The summed E-state index contributed by atoms with van der Waals surface area (Å²) < 4.78 is 27.1. The summed E-state index contributed by atoms with van der Waals surface area (Å²) in [4.78, 5) is 4.36. The predicted octanol–water partition coefficient (Wildman–Crippen LogP) is 8.19. The molecule has 0 saturated heterocycles. The summed E-state index contributed by atoms with van der Waals surface area (Å²) in [6.45, 7) is 0. The van der Waals surface area contributed by atoms with Gasteiger partial charge in [-0.25, -0.2) is 4.98 Å². The van der Waals surface area contributed by atoms with Gasteiger partial charge in [0.15, 0.2) is 7.14 Å². The molecule has 3 heterocycles. The van der Waals surface area contributed by atoms with Crippen LogP contribution in [0.25, 0.3) is 55.1 Å². The molecule has 190 valence electrons. The fourth-order valence-electron chi connectivity index (χ4n) is 5.65. The van der Waals surface area contributed by atoms with Gasteiger partial charge in [-0.3, -0.25) is 0 Å². The molecule has 0 saturated carbocycles. The van der Waals surface area contributed by atoms with Crippen LogP contribution in [-0.4, -0.2) is 4.98 Å². The van der Waals surface area contributed by atoms with Gasteiger partial charge in [0.25, 0.3) is 0 Å². The van der Waals surface area contributed by atoms with Crippen molar-refractivity contribution < 1.29 is 13.4 Å². The van der Waals surface area contributed by atoms with Crippen LogP contribution < -0.4 is 15.9 Å². The van der Waals surface area contributed by atoms with Crippen LogP contribution in [0.4, 0.5) is 0 Å². The first kappa shape index (κ1) is 23.0. The van der Waals surface area contributed by atoms with Crippen molar-refractivity contribution in [2.45, 2.75) is 0 Å². The number of pyridine rings is 1. The maximum Gasteiger partial charge on any atom is 0.227 e. The Morgan fingerprint density at radius 3 is 1.68 bits per heavy atom. The SMILES string of the molecule is O=P(c1ccccc1)(c1ccccc1)c1ccc2oc3ccc(-c4ccc5oc6ncccc6c5c4)cc3c2c1. The van der Waals surface area contributed by atoms with E-state index in [1.165, 1.54) is 0 Å². The number of aromatic nitrogens is 1. The standard InChI is InChI=1S/C35H22NO3P/c37-40(25-8-3-1-4-9-25,26-10-5-2-6-11-26)27-15-18-33-31(22-27)30-21-24(13-16-32(30)38-33)23-14-17-34-29(20-23)28-12-7-19-36-35(28)39-34/h1-22H. The van der Waals surface area contributed by atoms with Crippen molar-refractivity contribution in [2.75, 3.05) is 0 Å². The molecule has 4 nitrogen and oxygen atoms in total. The van der Waals surface area contributed by atoms with E-state index in [1.54, 1.807) is 6.20 Å². The molecule has 0 unspecified atom stereocenters. The van der Waals surface area contributed by atoms with Crippen LogP contribution in [0.2, 0.25) is 0 Å². The minimum Gasteiger partial charge on any atom is -0.456 e. The molecule has 0 N–H and O–H groups in total. The van der Waals surface area contributed by atoms with E-state index < -0.39 is 7.14 Å². The second kappa shape index (κ2) is 8.81. The van der Waals surface area contributed by atoms with Crippen molar-refractivity contribution in [1.29, 1.82) is 0 Å². The average molecular weight is 536 g/mol. The first-order valence-corrected chi connectivity index (χ1v) is 14.8. The van der Waals surface area contributed by atoms with Crippen LogP contribution in [-0.2, 0) is 4.57 Å². The van der Waals surface area contributed by atoms with E-state index in [0.717, 1.165) is 65.3 Å². The smallest absolute Gasteiger partial charge is 0.227 e. The van der Waals surface area contributed by atoms with Crippen molar-refractivity contribution in [1.82, 2.24) is 4.98 Å². The molecule has 0 bridgehead atoms. The summed E-state index contributed by atoms with van der Waals surface area (Å²) in [5.74, 6) is 0. The van der Waals surface area contributed by atoms with E-state index in [0.29, 0.717) is 5.71 Å². The Labute approximate surface area is 229 Å². The zero-order valence-corrected chi connectivity index (χ0v) is 22.2. The lowest BCUT2D eigenvalue weighted by molar-refractivity contribution is 0.592. The highest BCUT2D eigenvalue weighted by Gasteiger charge is 2.30. The molecular formula is C35H22NO3P. The monoisotopic (exact) mass is 535 g/mol. The number of fused-ring (bicyclic) bond motifs is 6. The van der Waals surface area contributed by atoms with Crippen LogP contribution in [0.3, 0.4) is 0 Å². The molecule has 3 aromatic heterocycles. The minimum absolute atomic E-state index is 0.639. The number of hydrogen-bond donors (Lipinski definition) is 0. The van der Waals surface area contributed by atoms with E-state index in [4.69, 9.17) is 8.83 Å². The largest absolute Gasteiger partial charge is 0.456 e. The van der Waals surface area contributed by atoms with Gasteiger partial charge in [-0.1, -0.05) is 72.8 Å². The summed E-state index contributed by atoms with van der Waals surface area (Å²) in [6, 6.07) is 41.8. The minimum atomic E-state index is -3.11. The van der Waals surface area contributed by atoms with Crippen molar-refractivity contribution in [3.63, 3.8) is 0 Å². The van der Waals surface area contributed by atoms with Gasteiger partial charge in [0.1, 0.15) is 16.7 Å². The van der Waals surface area contributed by atoms with Gasteiger partial charge < -0.3 is 13.4 Å². The third-order valence-corrected chi connectivity index (χ3v) is 10.7. The first-order chi connectivity index (χ1) is 19.7. The molecule has 0 spiro atoms. The first-order valence-electron chi connectivity index (χ1n) is 13.1. The average Bonchev–Trinajstić information content (AvgIpc) is 3.58. The number of benzene rings is 5. The van der Waals surface area contributed by atoms with Gasteiger partial charge in [-0.05, 0) is 65.7 Å². The Balaban J connectivity index is 1.32. The lowest BCUT2D eigenvalue weighted by Gasteiger charge is -2.20. The predicted molar refractivity (Wildman–Crippen MR) is 164 cm³/mol. The number of nitrogens with zero attached hydrogens (tertiary/aromatic N) is 1. The maximum atomic E-state index is 15.0. The molecule has 8 rings (SSSR count). The van der Waals surface area contributed by atoms with Crippen molar-refractivity contribution in [2.24, 2.45) is 0 Å². The van der Waals surface area contributed by atoms with Gasteiger partial charge in [0.05, 0.1) is 0 Å². The second-order valence-electron chi connectivity index (χ2n) is 9.94. The molecular weight excluding hydrogens is 513 g/mol. The molecule has 5 heteroatoms. The zero-order chi connectivity index (χ0) is 26.7. The van der Waals surface area contributed by atoms with Gasteiger partial charge in [-0.15, -0.1) is 0 Å². The molecule has 5 aromatic carbocycles. The highest BCUT2D eigenvalue weighted by molar-refractivity contribution is 7.85. The Morgan fingerprint density at radius 2 is 1.02 bits per heavy atom. The topological polar surface area (TPSA) is 56.2 Å². The third-order valence-electron chi connectivity index (χ3n) is 7.64. The van der Waals surface area contributed by atoms with Gasteiger partial charge in [0, 0.05) is 43.7 Å². The Bertz CT molecular complexity index is 2200. The van der Waals surface area contributed by atoms with Crippen molar-refractivity contribution in [3.05, 3.63) is 134 Å². The van der Waals surface area contributed by atoms with Crippen LogP contribution in [0.15, 0.2) is 142 Å². The quantitative estimate of drug-likeness (QED) is 0.213.